The second-order valence-corrected chi connectivity index (χ2v) is 4.79. The normalized spacial score (nSPS) is 10.0. The van der Waals surface area contributed by atoms with Crippen molar-refractivity contribution in [3.05, 3.63) is 60.8 Å². The first kappa shape index (κ1) is 15.6. The van der Waals surface area contributed by atoms with Gasteiger partial charge in [0.1, 0.15) is 17.8 Å². The third-order valence-electron chi connectivity index (χ3n) is 3.15. The van der Waals surface area contributed by atoms with Crippen molar-refractivity contribution in [3.8, 4) is 0 Å². The van der Waals surface area contributed by atoms with Crippen LogP contribution >= 0.6 is 0 Å². The van der Waals surface area contributed by atoms with Crippen molar-refractivity contribution < 1.29 is 4.79 Å². The van der Waals surface area contributed by atoms with Gasteiger partial charge in [-0.05, 0) is 24.1 Å². The molecule has 0 fully saturated rings. The minimum Gasteiger partial charge on any atom is -0.366 e. The Morgan fingerprint density at radius 2 is 2.14 bits per heavy atom. The zero-order valence-electron chi connectivity index (χ0n) is 12.6. The van der Waals surface area contributed by atoms with Gasteiger partial charge in [-0.1, -0.05) is 6.08 Å². The number of anilines is 1. The standard InChI is InChI=1S/C16H19N5O/c1-3-7-18-15-11-14(19-12-20-15)16(22)21(2)10-6-13-4-8-17-9-5-13/h3-5,8-9,11-12H,1,6-7,10H2,2H3,(H,18,19,20). The van der Waals surface area contributed by atoms with E-state index in [2.05, 4.69) is 26.8 Å². The average molecular weight is 297 g/mol. The molecule has 0 atom stereocenters. The summed E-state index contributed by atoms with van der Waals surface area (Å²) < 4.78 is 0. The van der Waals surface area contributed by atoms with Gasteiger partial charge in [0.2, 0.25) is 0 Å². The summed E-state index contributed by atoms with van der Waals surface area (Å²) >= 11 is 0. The molecule has 0 radical (unpaired) electrons. The molecule has 2 heterocycles. The van der Waals surface area contributed by atoms with Crippen LogP contribution in [-0.4, -0.2) is 45.9 Å². The van der Waals surface area contributed by atoms with Gasteiger partial charge in [0, 0.05) is 38.6 Å². The van der Waals surface area contributed by atoms with Crippen LogP contribution in [0.2, 0.25) is 0 Å². The lowest BCUT2D eigenvalue weighted by molar-refractivity contribution is 0.0790. The smallest absolute Gasteiger partial charge is 0.272 e. The molecular formula is C16H19N5O. The highest BCUT2D eigenvalue weighted by Crippen LogP contribution is 2.07. The van der Waals surface area contributed by atoms with Crippen LogP contribution in [0.1, 0.15) is 16.1 Å². The number of carbonyl (C=O) groups is 1. The van der Waals surface area contributed by atoms with Crippen LogP contribution in [0.4, 0.5) is 5.82 Å². The molecule has 2 aromatic heterocycles. The summed E-state index contributed by atoms with van der Waals surface area (Å²) in [7, 11) is 1.77. The quantitative estimate of drug-likeness (QED) is 0.789. The van der Waals surface area contributed by atoms with Crippen LogP contribution in [-0.2, 0) is 6.42 Å². The number of aromatic nitrogens is 3. The van der Waals surface area contributed by atoms with Gasteiger partial charge in [-0.2, -0.15) is 0 Å². The molecule has 2 aromatic rings. The van der Waals surface area contributed by atoms with E-state index in [-0.39, 0.29) is 5.91 Å². The third-order valence-corrected chi connectivity index (χ3v) is 3.15. The molecule has 114 valence electrons. The topological polar surface area (TPSA) is 71.0 Å². The second-order valence-electron chi connectivity index (χ2n) is 4.79. The zero-order valence-corrected chi connectivity index (χ0v) is 12.6. The summed E-state index contributed by atoms with van der Waals surface area (Å²) in [5.74, 6) is 0.485. The minimum absolute atomic E-state index is 0.127. The van der Waals surface area contributed by atoms with Crippen molar-refractivity contribution in [2.45, 2.75) is 6.42 Å². The molecule has 0 aromatic carbocycles. The van der Waals surface area contributed by atoms with E-state index < -0.39 is 0 Å². The van der Waals surface area contributed by atoms with Gasteiger partial charge in [0.25, 0.3) is 5.91 Å². The zero-order chi connectivity index (χ0) is 15.8. The fourth-order valence-corrected chi connectivity index (χ4v) is 1.89. The number of nitrogens with zero attached hydrogens (tertiary/aromatic N) is 4. The maximum atomic E-state index is 12.4. The van der Waals surface area contributed by atoms with E-state index in [0.717, 1.165) is 12.0 Å². The fraction of sp³-hybridized carbons (Fsp3) is 0.250. The Bertz CT molecular complexity index is 629. The molecule has 0 aliphatic carbocycles. The second kappa shape index (κ2) is 7.87. The van der Waals surface area contributed by atoms with Crippen molar-refractivity contribution in [2.75, 3.05) is 25.5 Å². The monoisotopic (exact) mass is 297 g/mol. The van der Waals surface area contributed by atoms with Crippen LogP contribution in [0.25, 0.3) is 0 Å². The molecular weight excluding hydrogens is 278 g/mol. The number of rotatable bonds is 7. The van der Waals surface area contributed by atoms with Crippen LogP contribution in [0.15, 0.2) is 49.6 Å². The summed E-state index contributed by atoms with van der Waals surface area (Å²) in [6, 6.07) is 5.54. The van der Waals surface area contributed by atoms with Crippen molar-refractivity contribution in [3.63, 3.8) is 0 Å². The van der Waals surface area contributed by atoms with Crippen LogP contribution in [0.5, 0.6) is 0 Å². The molecule has 0 saturated carbocycles. The van der Waals surface area contributed by atoms with E-state index in [0.29, 0.717) is 24.6 Å². The Hall–Kier alpha value is -2.76. The lowest BCUT2D eigenvalue weighted by Gasteiger charge is -2.16. The summed E-state index contributed by atoms with van der Waals surface area (Å²) in [5.41, 5.74) is 1.52. The summed E-state index contributed by atoms with van der Waals surface area (Å²) in [4.78, 5) is 26.1. The van der Waals surface area contributed by atoms with Gasteiger partial charge in [0.15, 0.2) is 0 Å². The molecule has 1 N–H and O–H groups in total. The third kappa shape index (κ3) is 4.37. The lowest BCUT2D eigenvalue weighted by atomic mass is 10.2. The van der Waals surface area contributed by atoms with Gasteiger partial charge < -0.3 is 10.2 Å². The molecule has 2 rings (SSSR count). The number of amides is 1. The van der Waals surface area contributed by atoms with Crippen molar-refractivity contribution in [2.24, 2.45) is 0 Å². The Morgan fingerprint density at radius 1 is 1.36 bits per heavy atom. The number of pyridine rings is 1. The van der Waals surface area contributed by atoms with Crippen LogP contribution in [0, 0.1) is 0 Å². The van der Waals surface area contributed by atoms with E-state index in [9.17, 15) is 4.79 Å². The minimum atomic E-state index is -0.127. The van der Waals surface area contributed by atoms with Gasteiger partial charge in [-0.3, -0.25) is 9.78 Å². The first-order chi connectivity index (χ1) is 10.7. The maximum Gasteiger partial charge on any atom is 0.272 e. The van der Waals surface area contributed by atoms with Gasteiger partial charge in [-0.15, -0.1) is 6.58 Å². The molecule has 0 unspecified atom stereocenters. The molecule has 0 aliphatic heterocycles. The maximum absolute atomic E-state index is 12.4. The average Bonchev–Trinajstić information content (AvgIpc) is 2.58. The van der Waals surface area contributed by atoms with E-state index >= 15 is 0 Å². The number of nitrogens with one attached hydrogen (secondary N) is 1. The summed E-state index contributed by atoms with van der Waals surface area (Å²) in [6.07, 6.45) is 7.38. The highest BCUT2D eigenvalue weighted by Gasteiger charge is 2.13. The van der Waals surface area contributed by atoms with Gasteiger partial charge >= 0.3 is 0 Å². The number of likely N-dealkylation sites (N-methyl/N-ethyl adjacent to an activating group) is 1. The van der Waals surface area contributed by atoms with E-state index in [1.165, 1.54) is 6.33 Å². The number of hydrogen-bond acceptors (Lipinski definition) is 5. The Morgan fingerprint density at radius 3 is 2.86 bits per heavy atom. The molecule has 6 heteroatoms. The predicted octanol–water partition coefficient (Wildman–Crippen LogP) is 1.78. The Balaban J connectivity index is 1.96. The van der Waals surface area contributed by atoms with Crippen LogP contribution < -0.4 is 5.32 Å². The van der Waals surface area contributed by atoms with E-state index in [4.69, 9.17) is 0 Å². The molecule has 6 nitrogen and oxygen atoms in total. The Labute approximate surface area is 129 Å². The van der Waals surface area contributed by atoms with Crippen molar-refractivity contribution in [1.29, 1.82) is 0 Å². The predicted molar refractivity (Wildman–Crippen MR) is 85.6 cm³/mol. The summed E-state index contributed by atoms with van der Waals surface area (Å²) in [6.45, 7) is 4.83. The number of hydrogen-bond donors (Lipinski definition) is 1. The number of carbonyl (C=O) groups excluding carboxylic acids is 1. The van der Waals surface area contributed by atoms with E-state index in [1.807, 2.05) is 12.1 Å². The summed E-state index contributed by atoms with van der Waals surface area (Å²) in [5, 5.41) is 3.04. The Kier molecular flexibility index (Phi) is 5.59. The molecule has 0 saturated heterocycles. The molecule has 0 bridgehead atoms. The SMILES string of the molecule is C=CCNc1cc(C(=O)N(C)CCc2ccncc2)ncn1. The molecule has 0 spiro atoms. The largest absolute Gasteiger partial charge is 0.366 e. The highest BCUT2D eigenvalue weighted by atomic mass is 16.2. The molecule has 0 aliphatic rings. The first-order valence-electron chi connectivity index (χ1n) is 7.02. The fourth-order valence-electron chi connectivity index (χ4n) is 1.89. The van der Waals surface area contributed by atoms with Gasteiger partial charge in [-0.25, -0.2) is 9.97 Å². The first-order valence-corrected chi connectivity index (χ1v) is 7.02. The van der Waals surface area contributed by atoms with Gasteiger partial charge in [0.05, 0.1) is 0 Å². The molecule has 1 amide bonds. The molecule has 22 heavy (non-hydrogen) atoms. The van der Waals surface area contributed by atoms with Crippen molar-refractivity contribution in [1.82, 2.24) is 19.9 Å². The van der Waals surface area contributed by atoms with Crippen LogP contribution in [0.3, 0.4) is 0 Å². The van der Waals surface area contributed by atoms with Crippen molar-refractivity contribution >= 4 is 11.7 Å². The lowest BCUT2D eigenvalue weighted by Crippen LogP contribution is -2.29. The highest BCUT2D eigenvalue weighted by molar-refractivity contribution is 5.92. The van der Waals surface area contributed by atoms with E-state index in [1.54, 1.807) is 36.5 Å².